The number of rotatable bonds is 6. The Morgan fingerprint density at radius 1 is 0.455 bits per heavy atom. The van der Waals surface area contributed by atoms with E-state index in [0.29, 0.717) is 5.89 Å². The van der Waals surface area contributed by atoms with E-state index in [2.05, 4.69) is 179 Å². The maximum absolute atomic E-state index is 6.61. The molecule has 0 fully saturated rings. The van der Waals surface area contributed by atoms with E-state index in [4.69, 9.17) is 9.40 Å². The highest BCUT2D eigenvalue weighted by molar-refractivity contribution is 6.19. The fraction of sp³-hybridized carbons (Fsp3) is 0. The van der Waals surface area contributed by atoms with Crippen molar-refractivity contribution >= 4 is 71.5 Å². The van der Waals surface area contributed by atoms with Crippen LogP contribution in [0.15, 0.2) is 205 Å². The van der Waals surface area contributed by atoms with Crippen molar-refractivity contribution in [2.75, 3.05) is 4.90 Å². The number of anilines is 3. The third kappa shape index (κ3) is 5.11. The largest absolute Gasteiger partial charge is 0.435 e. The van der Waals surface area contributed by atoms with Gasteiger partial charge in [0.2, 0.25) is 5.89 Å². The van der Waals surface area contributed by atoms with Crippen molar-refractivity contribution in [1.82, 2.24) is 9.55 Å². The zero-order valence-electron chi connectivity index (χ0n) is 29.8. The number of hydrogen-bond acceptors (Lipinski definition) is 3. The highest BCUT2D eigenvalue weighted by atomic mass is 16.3. The summed E-state index contributed by atoms with van der Waals surface area (Å²) in [7, 11) is 0. The summed E-state index contributed by atoms with van der Waals surface area (Å²) in [5.74, 6) is 0.623. The molecule has 11 aromatic rings. The Bertz CT molecular complexity index is 3200. The maximum atomic E-state index is 6.61. The topological polar surface area (TPSA) is 34.2 Å². The second kappa shape index (κ2) is 12.6. The molecule has 0 saturated heterocycles. The molecule has 0 radical (unpaired) electrons. The summed E-state index contributed by atoms with van der Waals surface area (Å²) in [5.41, 5.74) is 11.6. The lowest BCUT2D eigenvalue weighted by Crippen LogP contribution is -2.11. The molecule has 2 aromatic heterocycles. The smallest absolute Gasteiger partial charge is 0.227 e. The second-order valence-corrected chi connectivity index (χ2v) is 14.0. The molecule has 0 bridgehead atoms. The van der Waals surface area contributed by atoms with Crippen LogP contribution in [0.3, 0.4) is 0 Å². The highest BCUT2D eigenvalue weighted by Gasteiger charge is 2.22. The Morgan fingerprint density at radius 2 is 1.11 bits per heavy atom. The van der Waals surface area contributed by atoms with Gasteiger partial charge < -0.3 is 13.9 Å². The molecule has 258 valence electrons. The van der Waals surface area contributed by atoms with Crippen molar-refractivity contribution < 1.29 is 4.42 Å². The summed E-state index contributed by atoms with van der Waals surface area (Å²) in [6, 6.07) is 71.1. The van der Waals surface area contributed by atoms with Gasteiger partial charge in [-0.3, -0.25) is 0 Å². The molecule has 55 heavy (non-hydrogen) atoms. The van der Waals surface area contributed by atoms with Gasteiger partial charge in [0.25, 0.3) is 0 Å². The van der Waals surface area contributed by atoms with Crippen molar-refractivity contribution in [2.24, 2.45) is 0 Å². The minimum atomic E-state index is 0.623. The molecule has 0 saturated carbocycles. The number of oxazole rings is 1. The fourth-order valence-corrected chi connectivity index (χ4v) is 8.26. The third-order valence-electron chi connectivity index (χ3n) is 10.8. The minimum absolute atomic E-state index is 0.623. The van der Waals surface area contributed by atoms with Gasteiger partial charge in [-0.25, -0.2) is 4.98 Å². The van der Waals surface area contributed by atoms with E-state index in [1.165, 1.54) is 21.9 Å². The molecule has 0 atom stereocenters. The average molecular weight is 704 g/mol. The van der Waals surface area contributed by atoms with Gasteiger partial charge in [-0.2, -0.15) is 0 Å². The first-order valence-electron chi connectivity index (χ1n) is 18.6. The number of hydrogen-bond donors (Lipinski definition) is 0. The van der Waals surface area contributed by atoms with Crippen molar-refractivity contribution in [2.45, 2.75) is 0 Å². The number of para-hydroxylation sites is 3. The molecule has 0 unspecified atom stereocenters. The second-order valence-electron chi connectivity index (χ2n) is 14.0. The van der Waals surface area contributed by atoms with Gasteiger partial charge in [0.1, 0.15) is 5.52 Å². The van der Waals surface area contributed by atoms with Crippen molar-refractivity contribution in [3.05, 3.63) is 200 Å². The van der Waals surface area contributed by atoms with E-state index in [9.17, 15) is 0 Å². The van der Waals surface area contributed by atoms with Crippen LogP contribution in [0.25, 0.3) is 82.7 Å². The molecule has 4 nitrogen and oxygen atoms in total. The molecule has 2 heterocycles. The number of nitrogens with zero attached hydrogens (tertiary/aromatic N) is 3. The zero-order valence-corrected chi connectivity index (χ0v) is 29.8. The molecule has 4 heteroatoms. The van der Waals surface area contributed by atoms with Gasteiger partial charge in [0.05, 0.1) is 16.7 Å². The Hall–Kier alpha value is -7.43. The van der Waals surface area contributed by atoms with Crippen LogP contribution in [0.2, 0.25) is 0 Å². The predicted molar refractivity (Wildman–Crippen MR) is 229 cm³/mol. The molecule has 0 N–H and O–H groups in total. The van der Waals surface area contributed by atoms with Crippen LogP contribution in [0, 0.1) is 0 Å². The van der Waals surface area contributed by atoms with Crippen LogP contribution in [-0.4, -0.2) is 9.55 Å². The van der Waals surface area contributed by atoms with Gasteiger partial charge in [-0.05, 0) is 94.0 Å². The lowest BCUT2D eigenvalue weighted by Gasteiger charge is -2.27. The molecular formula is C51H33N3O. The Labute approximate surface area is 317 Å². The van der Waals surface area contributed by atoms with E-state index in [1.807, 2.05) is 30.3 Å². The number of aromatic nitrogens is 2. The molecular weight excluding hydrogens is 671 g/mol. The van der Waals surface area contributed by atoms with E-state index in [-0.39, 0.29) is 0 Å². The molecule has 0 aliphatic rings. The van der Waals surface area contributed by atoms with E-state index >= 15 is 0 Å². The molecule has 0 aliphatic heterocycles. The quantitative estimate of drug-likeness (QED) is 0.162. The van der Waals surface area contributed by atoms with E-state index < -0.39 is 0 Å². The number of fused-ring (bicyclic) bond motifs is 8. The standard InChI is InChI=1S/C51H33N3O/c1-4-14-34(15-5-1)38-18-12-21-40(32-38)54-46-24-11-10-22-42(46)43-23-13-25-47(49(43)54)53(39-19-8-3-9-20-39)41-30-28-35-26-27-36-29-31-45-50(48(36)44(35)33-41)55-51(52-45)37-16-6-2-7-17-37/h1-33H. The SMILES string of the molecule is c1ccc(-c2cccc(-n3c4ccccc4c4cccc(N(c5ccccc5)c5ccc6ccc7ccc8nc(-c9ccccc9)oc8c7c6c5)c43)c2)cc1. The Kier molecular flexibility index (Phi) is 7.14. The minimum Gasteiger partial charge on any atom is -0.435 e. The Morgan fingerprint density at radius 3 is 1.95 bits per heavy atom. The molecule has 9 aromatic carbocycles. The fourth-order valence-electron chi connectivity index (χ4n) is 8.26. The summed E-state index contributed by atoms with van der Waals surface area (Å²) in [6.45, 7) is 0. The lowest BCUT2D eigenvalue weighted by atomic mass is 10.00. The molecule has 0 aliphatic carbocycles. The van der Waals surface area contributed by atoms with E-state index in [0.717, 1.165) is 72.0 Å². The summed E-state index contributed by atoms with van der Waals surface area (Å²) in [4.78, 5) is 7.33. The first-order valence-corrected chi connectivity index (χ1v) is 18.6. The third-order valence-corrected chi connectivity index (χ3v) is 10.8. The van der Waals surface area contributed by atoms with Gasteiger partial charge in [0, 0.05) is 38.8 Å². The van der Waals surface area contributed by atoms with Gasteiger partial charge >= 0.3 is 0 Å². The summed E-state index contributed by atoms with van der Waals surface area (Å²) < 4.78 is 9.05. The van der Waals surface area contributed by atoms with Crippen molar-refractivity contribution in [3.63, 3.8) is 0 Å². The summed E-state index contributed by atoms with van der Waals surface area (Å²) in [6.07, 6.45) is 0. The van der Waals surface area contributed by atoms with E-state index in [1.54, 1.807) is 0 Å². The van der Waals surface area contributed by atoms with Crippen LogP contribution in [0.1, 0.15) is 0 Å². The highest BCUT2D eigenvalue weighted by Crippen LogP contribution is 2.45. The summed E-state index contributed by atoms with van der Waals surface area (Å²) >= 11 is 0. The predicted octanol–water partition coefficient (Wildman–Crippen LogP) is 14.0. The van der Waals surface area contributed by atoms with Crippen molar-refractivity contribution in [3.8, 4) is 28.3 Å². The van der Waals surface area contributed by atoms with Crippen molar-refractivity contribution in [1.29, 1.82) is 0 Å². The van der Waals surface area contributed by atoms with Crippen LogP contribution < -0.4 is 4.90 Å². The first-order chi connectivity index (χ1) is 27.3. The van der Waals surface area contributed by atoms with Gasteiger partial charge in [-0.1, -0.05) is 133 Å². The first kappa shape index (κ1) is 31.1. The van der Waals surface area contributed by atoms with Crippen LogP contribution in [0.5, 0.6) is 0 Å². The molecule has 0 spiro atoms. The molecule has 11 rings (SSSR count). The zero-order chi connectivity index (χ0) is 36.3. The number of benzene rings is 9. The van der Waals surface area contributed by atoms with Gasteiger partial charge in [0.15, 0.2) is 5.58 Å². The average Bonchev–Trinajstić information content (AvgIpc) is 3.85. The lowest BCUT2D eigenvalue weighted by molar-refractivity contribution is 0.623. The normalized spacial score (nSPS) is 11.6. The van der Waals surface area contributed by atoms with Crippen LogP contribution in [-0.2, 0) is 0 Å². The maximum Gasteiger partial charge on any atom is 0.227 e. The Balaban J connectivity index is 1.18. The van der Waals surface area contributed by atoms with Crippen LogP contribution in [0.4, 0.5) is 17.1 Å². The van der Waals surface area contributed by atoms with Gasteiger partial charge in [-0.15, -0.1) is 0 Å². The monoisotopic (exact) mass is 703 g/mol. The molecule has 0 amide bonds. The van der Waals surface area contributed by atoms with Crippen LogP contribution >= 0.6 is 0 Å². The summed E-state index contributed by atoms with van der Waals surface area (Å²) in [5, 5.41) is 6.83.